The van der Waals surface area contributed by atoms with E-state index in [1.165, 1.54) is 0 Å². The number of carboxylic acid groups (broad SMARTS) is 1. The van der Waals surface area contributed by atoms with Gasteiger partial charge in [-0.15, -0.1) is 0 Å². The van der Waals surface area contributed by atoms with Crippen LogP contribution in [0.3, 0.4) is 0 Å². The molecule has 164 valence electrons. The van der Waals surface area contributed by atoms with Crippen LogP contribution in [0.4, 0.5) is 0 Å². The topological polar surface area (TPSA) is 83.7 Å². The van der Waals surface area contributed by atoms with Gasteiger partial charge in [0.1, 0.15) is 17.2 Å². The van der Waals surface area contributed by atoms with Crippen molar-refractivity contribution in [3.8, 4) is 11.5 Å². The highest BCUT2D eigenvalue weighted by molar-refractivity contribution is 5.98. The third-order valence-electron chi connectivity index (χ3n) is 5.57. The summed E-state index contributed by atoms with van der Waals surface area (Å²) in [5.41, 5.74) is 4.96. The molecule has 3 N–H and O–H groups in total. The molecule has 0 saturated carbocycles. The van der Waals surface area contributed by atoms with E-state index in [1.54, 1.807) is 19.2 Å². The molecule has 0 fully saturated rings. The van der Waals surface area contributed by atoms with Crippen molar-refractivity contribution in [2.24, 2.45) is 0 Å². The second-order valence-electron chi connectivity index (χ2n) is 7.86. The van der Waals surface area contributed by atoms with Gasteiger partial charge >= 0.3 is 5.97 Å². The number of rotatable bonds is 8. The van der Waals surface area contributed by atoms with E-state index in [-0.39, 0.29) is 11.4 Å². The van der Waals surface area contributed by atoms with Crippen molar-refractivity contribution in [1.82, 2.24) is 9.88 Å². The van der Waals surface area contributed by atoms with Crippen LogP contribution in [0.25, 0.3) is 10.9 Å². The molecule has 6 nitrogen and oxygen atoms in total. The largest absolute Gasteiger partial charge is 0.508 e. The van der Waals surface area contributed by atoms with Gasteiger partial charge in [-0.2, -0.15) is 0 Å². The number of nitrogens with one attached hydrogen (secondary N) is 1. The van der Waals surface area contributed by atoms with Crippen molar-refractivity contribution < 1.29 is 19.7 Å². The monoisotopic (exact) mass is 430 g/mol. The molecular weight excluding hydrogens is 404 g/mol. The number of hydrogen-bond donors (Lipinski definition) is 3. The van der Waals surface area contributed by atoms with Crippen LogP contribution in [0.5, 0.6) is 11.5 Å². The third-order valence-corrected chi connectivity index (χ3v) is 5.57. The van der Waals surface area contributed by atoms with Crippen LogP contribution in [0.1, 0.15) is 32.7 Å². The number of benzene rings is 3. The average molecular weight is 431 g/mol. The molecule has 1 aromatic heterocycles. The molecule has 0 saturated heterocycles. The van der Waals surface area contributed by atoms with Crippen molar-refractivity contribution >= 4 is 16.9 Å². The molecule has 0 amide bonds. The smallest absolute Gasteiger partial charge is 0.352 e. The highest BCUT2D eigenvalue weighted by Gasteiger charge is 2.22. The number of aromatic carboxylic acids is 1. The van der Waals surface area contributed by atoms with E-state index in [9.17, 15) is 15.0 Å². The molecule has 3 aromatic carbocycles. The van der Waals surface area contributed by atoms with Crippen LogP contribution in [0, 0.1) is 6.92 Å². The van der Waals surface area contributed by atoms with E-state index >= 15 is 0 Å². The Bertz CT molecular complexity index is 1260. The molecule has 0 spiro atoms. The zero-order valence-electron chi connectivity index (χ0n) is 18.1. The van der Waals surface area contributed by atoms with Crippen LogP contribution in [0.2, 0.25) is 0 Å². The molecule has 0 bridgehead atoms. The quantitative estimate of drug-likeness (QED) is 0.377. The Morgan fingerprint density at radius 1 is 1.00 bits per heavy atom. The summed E-state index contributed by atoms with van der Waals surface area (Å²) in [6.45, 7) is 3.41. The normalized spacial score (nSPS) is 11.1. The molecule has 4 aromatic rings. The lowest BCUT2D eigenvalue weighted by molar-refractivity contribution is 0.0684. The Morgan fingerprint density at radius 3 is 2.50 bits per heavy atom. The maximum Gasteiger partial charge on any atom is 0.352 e. The second-order valence-corrected chi connectivity index (χ2v) is 7.86. The number of nitrogens with zero attached hydrogens (tertiary/aromatic N) is 1. The van der Waals surface area contributed by atoms with Gasteiger partial charge in [0, 0.05) is 36.1 Å². The lowest BCUT2D eigenvalue weighted by Gasteiger charge is -2.11. The molecule has 0 radical (unpaired) electrons. The fourth-order valence-corrected chi connectivity index (χ4v) is 4.02. The van der Waals surface area contributed by atoms with Gasteiger partial charge in [-0.05, 0) is 53.9 Å². The Morgan fingerprint density at radius 2 is 1.78 bits per heavy atom. The molecule has 0 aliphatic rings. The lowest BCUT2D eigenvalue weighted by Crippen LogP contribution is -2.17. The van der Waals surface area contributed by atoms with E-state index in [1.807, 2.05) is 66.1 Å². The number of fused-ring (bicyclic) bond motifs is 1. The summed E-state index contributed by atoms with van der Waals surface area (Å²) in [6.07, 6.45) is 0. The molecule has 0 aliphatic heterocycles. The maximum absolute atomic E-state index is 12.4. The standard InChI is InChI=1S/C26H26N2O4/c1-17-6-11-22-23(15-27-14-19-4-3-5-21(13-19)32-2)25(26(30)31)28(24(22)12-17)16-18-7-9-20(29)10-8-18/h3-13,27,29H,14-16H2,1-2H3,(H,30,31). The van der Waals surface area contributed by atoms with Crippen molar-refractivity contribution in [3.05, 3.63) is 94.7 Å². The average Bonchev–Trinajstić information content (AvgIpc) is 3.08. The van der Waals surface area contributed by atoms with Crippen LogP contribution < -0.4 is 10.1 Å². The Balaban J connectivity index is 1.70. The number of hydrogen-bond acceptors (Lipinski definition) is 4. The van der Waals surface area contributed by atoms with E-state index < -0.39 is 5.97 Å². The molecule has 32 heavy (non-hydrogen) atoms. The van der Waals surface area contributed by atoms with Gasteiger partial charge in [-0.1, -0.05) is 36.4 Å². The van der Waals surface area contributed by atoms with E-state index in [2.05, 4.69) is 5.32 Å². The van der Waals surface area contributed by atoms with Crippen molar-refractivity contribution in [3.63, 3.8) is 0 Å². The van der Waals surface area contributed by atoms with Gasteiger partial charge in [0.2, 0.25) is 0 Å². The number of phenolic OH excluding ortho intramolecular Hbond substituents is 1. The van der Waals surface area contributed by atoms with Crippen LogP contribution in [0.15, 0.2) is 66.7 Å². The van der Waals surface area contributed by atoms with Gasteiger partial charge in [0.05, 0.1) is 7.11 Å². The molecule has 1 heterocycles. The number of carbonyl (C=O) groups is 1. The predicted octanol–water partition coefficient (Wildman–Crippen LogP) is 4.70. The molecule has 4 rings (SSSR count). The zero-order valence-corrected chi connectivity index (χ0v) is 18.1. The summed E-state index contributed by atoms with van der Waals surface area (Å²) in [4.78, 5) is 12.4. The first kappa shape index (κ1) is 21.5. The SMILES string of the molecule is COc1cccc(CNCc2c(C(=O)O)n(Cc3ccc(O)cc3)c3cc(C)ccc23)c1. The molecule has 0 aliphatic carbocycles. The zero-order chi connectivity index (χ0) is 22.7. The molecule has 0 atom stereocenters. The van der Waals surface area contributed by atoms with Crippen LogP contribution >= 0.6 is 0 Å². The number of aromatic nitrogens is 1. The maximum atomic E-state index is 12.4. The second kappa shape index (κ2) is 9.16. The molecule has 6 heteroatoms. The molecular formula is C26H26N2O4. The number of methoxy groups -OCH3 is 1. The first-order valence-electron chi connectivity index (χ1n) is 10.4. The number of phenols is 1. The van der Waals surface area contributed by atoms with Gasteiger partial charge < -0.3 is 24.8 Å². The minimum atomic E-state index is -0.962. The van der Waals surface area contributed by atoms with Gasteiger partial charge in [-0.3, -0.25) is 0 Å². The van der Waals surface area contributed by atoms with E-state index in [4.69, 9.17) is 4.74 Å². The van der Waals surface area contributed by atoms with Crippen molar-refractivity contribution in [1.29, 1.82) is 0 Å². The Kier molecular flexibility index (Phi) is 6.14. The van der Waals surface area contributed by atoms with Crippen molar-refractivity contribution in [2.45, 2.75) is 26.6 Å². The van der Waals surface area contributed by atoms with Gasteiger partial charge in [-0.25, -0.2) is 4.79 Å². The minimum Gasteiger partial charge on any atom is -0.508 e. The number of aryl methyl sites for hydroxylation is 1. The van der Waals surface area contributed by atoms with E-state index in [0.717, 1.165) is 38.9 Å². The van der Waals surface area contributed by atoms with Crippen LogP contribution in [-0.4, -0.2) is 27.9 Å². The van der Waals surface area contributed by atoms with Crippen LogP contribution in [-0.2, 0) is 19.6 Å². The van der Waals surface area contributed by atoms with E-state index in [0.29, 0.717) is 19.6 Å². The third kappa shape index (κ3) is 4.45. The fourth-order valence-electron chi connectivity index (χ4n) is 4.02. The summed E-state index contributed by atoms with van der Waals surface area (Å²) in [6, 6.07) is 20.7. The van der Waals surface area contributed by atoms with Gasteiger partial charge in [0.15, 0.2) is 0 Å². The van der Waals surface area contributed by atoms with Crippen molar-refractivity contribution in [2.75, 3.05) is 7.11 Å². The number of carboxylic acids is 1. The first-order valence-corrected chi connectivity index (χ1v) is 10.4. The number of ether oxygens (including phenoxy) is 1. The summed E-state index contributed by atoms with van der Waals surface area (Å²) in [7, 11) is 1.64. The predicted molar refractivity (Wildman–Crippen MR) is 124 cm³/mol. The Labute approximate surface area is 186 Å². The minimum absolute atomic E-state index is 0.183. The highest BCUT2D eigenvalue weighted by atomic mass is 16.5. The fraction of sp³-hybridized carbons (Fsp3) is 0.192. The highest BCUT2D eigenvalue weighted by Crippen LogP contribution is 2.29. The number of aromatic hydroxyl groups is 1. The molecule has 0 unspecified atom stereocenters. The lowest BCUT2D eigenvalue weighted by atomic mass is 10.1. The summed E-state index contributed by atoms with van der Waals surface area (Å²) in [5, 5.41) is 24.0. The summed E-state index contributed by atoms with van der Waals surface area (Å²) >= 11 is 0. The first-order chi connectivity index (χ1) is 15.5. The van der Waals surface area contributed by atoms with Gasteiger partial charge in [0.25, 0.3) is 0 Å². The Hall–Kier alpha value is -3.77. The summed E-state index contributed by atoms with van der Waals surface area (Å²) < 4.78 is 7.13. The summed E-state index contributed by atoms with van der Waals surface area (Å²) in [5.74, 6) is 0.00941.